The van der Waals surface area contributed by atoms with Gasteiger partial charge in [0, 0.05) is 16.2 Å². The molecule has 0 radical (unpaired) electrons. The summed E-state index contributed by atoms with van der Waals surface area (Å²) in [7, 11) is 0. The standard InChI is InChI=1S/C17H14BrN3O2S/c1-11-7-12(4-5-13(11)18)20-16(22)9-21-10-19-14(8-17(21)23)15-3-2-6-24-15/h2-8,10H,9H2,1H3,(H,20,22). The SMILES string of the molecule is Cc1cc(NC(=O)Cn2cnc(-c3cccs3)cc2=O)ccc1Br. The van der Waals surface area contributed by atoms with E-state index in [4.69, 9.17) is 0 Å². The first-order chi connectivity index (χ1) is 11.5. The fraction of sp³-hybridized carbons (Fsp3) is 0.118. The monoisotopic (exact) mass is 403 g/mol. The number of rotatable bonds is 4. The van der Waals surface area contributed by atoms with Crippen LogP contribution in [0, 0.1) is 6.92 Å². The van der Waals surface area contributed by atoms with Crippen molar-refractivity contribution < 1.29 is 4.79 Å². The molecule has 0 unspecified atom stereocenters. The molecule has 0 bridgehead atoms. The van der Waals surface area contributed by atoms with Crippen molar-refractivity contribution in [3.63, 3.8) is 0 Å². The van der Waals surface area contributed by atoms with Gasteiger partial charge < -0.3 is 5.32 Å². The van der Waals surface area contributed by atoms with Gasteiger partial charge in [-0.1, -0.05) is 22.0 Å². The maximum Gasteiger partial charge on any atom is 0.254 e. The summed E-state index contributed by atoms with van der Waals surface area (Å²) >= 11 is 4.93. The summed E-state index contributed by atoms with van der Waals surface area (Å²) in [4.78, 5) is 29.5. The van der Waals surface area contributed by atoms with E-state index in [1.165, 1.54) is 28.3 Å². The fourth-order valence-corrected chi connectivity index (χ4v) is 3.12. The zero-order chi connectivity index (χ0) is 17.1. The molecule has 0 atom stereocenters. The molecule has 7 heteroatoms. The lowest BCUT2D eigenvalue weighted by molar-refractivity contribution is -0.116. The predicted octanol–water partition coefficient (Wildman–Crippen LogP) is 3.68. The Hall–Kier alpha value is -2.25. The summed E-state index contributed by atoms with van der Waals surface area (Å²) in [6.07, 6.45) is 1.41. The van der Waals surface area contributed by atoms with E-state index >= 15 is 0 Å². The van der Waals surface area contributed by atoms with E-state index in [0.717, 1.165) is 14.9 Å². The van der Waals surface area contributed by atoms with Gasteiger partial charge in [0.2, 0.25) is 5.91 Å². The minimum Gasteiger partial charge on any atom is -0.325 e. The first-order valence-electron chi connectivity index (χ1n) is 7.19. The molecule has 0 aliphatic rings. The van der Waals surface area contributed by atoms with Crippen LogP contribution < -0.4 is 10.9 Å². The lowest BCUT2D eigenvalue weighted by Gasteiger charge is -2.09. The smallest absolute Gasteiger partial charge is 0.254 e. The summed E-state index contributed by atoms with van der Waals surface area (Å²) < 4.78 is 2.27. The Morgan fingerprint density at radius 2 is 2.17 bits per heavy atom. The number of nitrogens with one attached hydrogen (secondary N) is 1. The molecule has 2 aromatic heterocycles. The molecule has 0 saturated heterocycles. The first kappa shape index (κ1) is 16.6. The number of thiophene rings is 1. The van der Waals surface area contributed by atoms with Crippen molar-refractivity contribution >= 4 is 38.9 Å². The molecular weight excluding hydrogens is 390 g/mol. The number of halogens is 1. The van der Waals surface area contributed by atoms with Crippen LogP contribution in [0.2, 0.25) is 0 Å². The Kier molecular flexibility index (Phi) is 4.92. The second-order valence-electron chi connectivity index (χ2n) is 5.23. The fourth-order valence-electron chi connectivity index (χ4n) is 2.18. The van der Waals surface area contributed by atoms with Gasteiger partial charge in [0.25, 0.3) is 5.56 Å². The molecule has 5 nitrogen and oxygen atoms in total. The lowest BCUT2D eigenvalue weighted by Crippen LogP contribution is -2.27. The molecule has 1 N–H and O–H groups in total. The molecule has 122 valence electrons. The maximum atomic E-state index is 12.2. The average Bonchev–Trinajstić information content (AvgIpc) is 3.07. The van der Waals surface area contributed by atoms with Crippen molar-refractivity contribution in [3.05, 3.63) is 68.5 Å². The number of aryl methyl sites for hydroxylation is 1. The van der Waals surface area contributed by atoms with Crippen molar-refractivity contribution in [2.24, 2.45) is 0 Å². The summed E-state index contributed by atoms with van der Waals surface area (Å²) in [5.41, 5.74) is 2.08. The topological polar surface area (TPSA) is 64.0 Å². The van der Waals surface area contributed by atoms with Crippen LogP contribution in [0.4, 0.5) is 5.69 Å². The molecule has 0 spiro atoms. The third-order valence-electron chi connectivity index (χ3n) is 3.41. The summed E-state index contributed by atoms with van der Waals surface area (Å²) in [6.45, 7) is 1.86. The molecule has 0 aliphatic heterocycles. The van der Waals surface area contributed by atoms with Crippen molar-refractivity contribution in [1.29, 1.82) is 0 Å². The minimum atomic E-state index is -0.274. The number of anilines is 1. The zero-order valence-electron chi connectivity index (χ0n) is 12.8. The lowest BCUT2D eigenvalue weighted by atomic mass is 10.2. The number of hydrogen-bond donors (Lipinski definition) is 1. The number of nitrogens with zero attached hydrogens (tertiary/aromatic N) is 2. The number of amides is 1. The van der Waals surface area contributed by atoms with Crippen LogP contribution in [0.15, 0.2) is 57.4 Å². The van der Waals surface area contributed by atoms with Crippen LogP contribution in [-0.4, -0.2) is 15.5 Å². The molecule has 1 aromatic carbocycles. The van der Waals surface area contributed by atoms with E-state index < -0.39 is 0 Å². The van der Waals surface area contributed by atoms with E-state index in [9.17, 15) is 9.59 Å². The van der Waals surface area contributed by atoms with Crippen molar-refractivity contribution in [2.45, 2.75) is 13.5 Å². The summed E-state index contributed by atoms with van der Waals surface area (Å²) in [5.74, 6) is -0.274. The Morgan fingerprint density at radius 3 is 2.83 bits per heavy atom. The molecule has 2 heterocycles. The Balaban J connectivity index is 1.72. The van der Waals surface area contributed by atoms with E-state index in [2.05, 4.69) is 26.2 Å². The second-order valence-corrected chi connectivity index (χ2v) is 7.03. The molecule has 3 rings (SSSR count). The van der Waals surface area contributed by atoms with Gasteiger partial charge in [0.15, 0.2) is 0 Å². The predicted molar refractivity (Wildman–Crippen MR) is 99.3 cm³/mol. The maximum absolute atomic E-state index is 12.2. The van der Waals surface area contributed by atoms with Gasteiger partial charge in [-0.2, -0.15) is 0 Å². The summed E-state index contributed by atoms with van der Waals surface area (Å²) in [5, 5.41) is 4.71. The molecule has 1 amide bonds. The number of benzene rings is 1. The van der Waals surface area contributed by atoms with Crippen LogP contribution in [0.5, 0.6) is 0 Å². The van der Waals surface area contributed by atoms with E-state index in [0.29, 0.717) is 11.4 Å². The van der Waals surface area contributed by atoms with Gasteiger partial charge in [-0.25, -0.2) is 4.98 Å². The van der Waals surface area contributed by atoms with E-state index in [1.54, 1.807) is 6.07 Å². The normalized spacial score (nSPS) is 10.6. The third-order valence-corrected chi connectivity index (χ3v) is 5.19. The van der Waals surface area contributed by atoms with E-state index in [-0.39, 0.29) is 18.0 Å². The van der Waals surface area contributed by atoms with Crippen molar-refractivity contribution in [1.82, 2.24) is 9.55 Å². The number of carbonyl (C=O) groups excluding carboxylic acids is 1. The van der Waals surface area contributed by atoms with Gasteiger partial charge in [-0.15, -0.1) is 11.3 Å². The van der Waals surface area contributed by atoms with Crippen LogP contribution in [0.1, 0.15) is 5.56 Å². The van der Waals surface area contributed by atoms with Crippen molar-refractivity contribution in [2.75, 3.05) is 5.32 Å². The van der Waals surface area contributed by atoms with Crippen LogP contribution in [-0.2, 0) is 11.3 Å². The molecule has 24 heavy (non-hydrogen) atoms. The van der Waals surface area contributed by atoms with Gasteiger partial charge in [0.05, 0.1) is 16.9 Å². The second kappa shape index (κ2) is 7.11. The van der Waals surface area contributed by atoms with Crippen LogP contribution in [0.25, 0.3) is 10.6 Å². The van der Waals surface area contributed by atoms with Crippen LogP contribution in [0.3, 0.4) is 0 Å². The molecule has 0 saturated carbocycles. The summed E-state index contributed by atoms with van der Waals surface area (Å²) in [6, 6.07) is 10.8. The molecule has 3 aromatic rings. The quantitative estimate of drug-likeness (QED) is 0.722. The minimum absolute atomic E-state index is 0.0777. The molecule has 0 fully saturated rings. The number of aromatic nitrogens is 2. The average molecular weight is 404 g/mol. The van der Waals surface area contributed by atoms with Gasteiger partial charge in [-0.3, -0.25) is 14.2 Å². The number of carbonyl (C=O) groups is 1. The Morgan fingerprint density at radius 1 is 1.33 bits per heavy atom. The van der Waals surface area contributed by atoms with Crippen molar-refractivity contribution in [3.8, 4) is 10.6 Å². The highest BCUT2D eigenvalue weighted by atomic mass is 79.9. The van der Waals surface area contributed by atoms with Gasteiger partial charge in [-0.05, 0) is 42.1 Å². The Labute approximate surface area is 151 Å². The van der Waals surface area contributed by atoms with Crippen LogP contribution >= 0.6 is 27.3 Å². The molecule has 0 aliphatic carbocycles. The highest BCUT2D eigenvalue weighted by Gasteiger charge is 2.08. The van der Waals surface area contributed by atoms with Gasteiger partial charge >= 0.3 is 0 Å². The Bertz CT molecular complexity index is 935. The zero-order valence-corrected chi connectivity index (χ0v) is 15.2. The van der Waals surface area contributed by atoms with E-state index in [1.807, 2.05) is 36.6 Å². The third kappa shape index (κ3) is 3.80. The first-order valence-corrected chi connectivity index (χ1v) is 8.86. The largest absolute Gasteiger partial charge is 0.325 e. The highest BCUT2D eigenvalue weighted by Crippen LogP contribution is 2.21. The molecular formula is C17H14BrN3O2S. The number of hydrogen-bond acceptors (Lipinski definition) is 4. The highest BCUT2D eigenvalue weighted by molar-refractivity contribution is 9.10. The van der Waals surface area contributed by atoms with Gasteiger partial charge in [0.1, 0.15) is 6.54 Å².